The second-order valence-electron chi connectivity index (χ2n) is 9.33. The number of hydrogen-bond donors (Lipinski definition) is 2. The molecule has 2 fully saturated rings. The summed E-state index contributed by atoms with van der Waals surface area (Å²) in [5, 5.41) is 6.86. The monoisotopic (exact) mass is 439 g/mol. The number of nitrogens with one attached hydrogen (secondary N) is 2. The van der Waals surface area contributed by atoms with Crippen molar-refractivity contribution in [1.29, 1.82) is 0 Å². The summed E-state index contributed by atoms with van der Waals surface area (Å²) in [7, 11) is 1.77. The van der Waals surface area contributed by atoms with E-state index in [0.717, 1.165) is 57.7 Å². The van der Waals surface area contributed by atoms with E-state index in [1.54, 1.807) is 11.9 Å². The molecule has 2 aliphatic rings. The van der Waals surface area contributed by atoms with Gasteiger partial charge in [-0.05, 0) is 65.7 Å². The molecule has 9 heteroatoms. The third-order valence-electron chi connectivity index (χ3n) is 5.60. The lowest BCUT2D eigenvalue weighted by atomic mass is 9.95. The molecule has 2 N–H and O–H groups in total. The van der Waals surface area contributed by atoms with Crippen molar-refractivity contribution in [3.05, 3.63) is 0 Å². The number of hydrogen-bond acceptors (Lipinski definition) is 5. The van der Waals surface area contributed by atoms with Crippen LogP contribution in [0, 0.1) is 5.92 Å². The van der Waals surface area contributed by atoms with Gasteiger partial charge in [-0.1, -0.05) is 0 Å². The number of guanidine groups is 1. The standard InChI is InChI=1S/C22H41N5O4/c1-6-30-20(28)26-14-10-18(11-15-26)25-19(23-5)24-12-9-17-8-7-13-27(16-17)21(29)31-22(2,3)4/h17-18H,6-16H2,1-5H3,(H2,23,24,25). The van der Waals surface area contributed by atoms with Gasteiger partial charge in [-0.3, -0.25) is 4.99 Å². The first-order valence-electron chi connectivity index (χ1n) is 11.6. The van der Waals surface area contributed by atoms with Crippen molar-refractivity contribution in [1.82, 2.24) is 20.4 Å². The van der Waals surface area contributed by atoms with Crippen LogP contribution in [0.4, 0.5) is 9.59 Å². The third kappa shape index (κ3) is 8.83. The molecule has 0 aromatic carbocycles. The molecular formula is C22H41N5O4. The number of ether oxygens (including phenoxy) is 2. The van der Waals surface area contributed by atoms with Crippen molar-refractivity contribution < 1.29 is 19.1 Å². The van der Waals surface area contributed by atoms with Crippen LogP contribution in [-0.4, -0.2) is 86.0 Å². The van der Waals surface area contributed by atoms with E-state index in [9.17, 15) is 9.59 Å². The number of nitrogens with zero attached hydrogens (tertiary/aromatic N) is 3. The minimum Gasteiger partial charge on any atom is -0.450 e. The Balaban J connectivity index is 1.69. The van der Waals surface area contributed by atoms with Gasteiger partial charge < -0.3 is 29.9 Å². The molecule has 0 bridgehead atoms. The van der Waals surface area contributed by atoms with Crippen LogP contribution in [0.15, 0.2) is 4.99 Å². The molecule has 2 amide bonds. The predicted molar refractivity (Wildman–Crippen MR) is 121 cm³/mol. The van der Waals surface area contributed by atoms with E-state index in [0.29, 0.717) is 25.6 Å². The van der Waals surface area contributed by atoms with Gasteiger partial charge in [-0.25, -0.2) is 9.59 Å². The molecule has 0 aromatic heterocycles. The Morgan fingerprint density at radius 3 is 2.39 bits per heavy atom. The second-order valence-corrected chi connectivity index (χ2v) is 9.33. The summed E-state index contributed by atoms with van der Waals surface area (Å²) in [6.45, 7) is 11.6. The van der Waals surface area contributed by atoms with Gasteiger partial charge in [0.05, 0.1) is 6.61 Å². The van der Waals surface area contributed by atoms with Gasteiger partial charge in [0.1, 0.15) is 5.60 Å². The van der Waals surface area contributed by atoms with E-state index in [2.05, 4.69) is 15.6 Å². The van der Waals surface area contributed by atoms with Crippen LogP contribution in [0.2, 0.25) is 0 Å². The molecule has 0 radical (unpaired) electrons. The Labute approximate surface area is 186 Å². The van der Waals surface area contributed by atoms with Gasteiger partial charge in [-0.15, -0.1) is 0 Å². The van der Waals surface area contributed by atoms with Crippen molar-refractivity contribution in [3.63, 3.8) is 0 Å². The maximum absolute atomic E-state index is 12.3. The molecule has 0 spiro atoms. The minimum absolute atomic E-state index is 0.211. The van der Waals surface area contributed by atoms with Gasteiger partial charge in [0.15, 0.2) is 5.96 Å². The van der Waals surface area contributed by atoms with Gasteiger partial charge in [0, 0.05) is 45.8 Å². The van der Waals surface area contributed by atoms with E-state index in [1.807, 2.05) is 32.6 Å². The number of aliphatic imine (C=N–C) groups is 1. The number of piperidine rings is 2. The highest BCUT2D eigenvalue weighted by Gasteiger charge is 2.28. The van der Waals surface area contributed by atoms with Crippen molar-refractivity contribution in [2.24, 2.45) is 10.9 Å². The van der Waals surface area contributed by atoms with Crippen LogP contribution in [0.3, 0.4) is 0 Å². The molecular weight excluding hydrogens is 398 g/mol. The summed E-state index contributed by atoms with van der Waals surface area (Å²) in [5.74, 6) is 1.24. The van der Waals surface area contributed by atoms with E-state index < -0.39 is 5.60 Å². The lowest BCUT2D eigenvalue weighted by molar-refractivity contribution is 0.0162. The van der Waals surface area contributed by atoms with Gasteiger partial charge in [0.2, 0.25) is 0 Å². The average Bonchev–Trinajstić information content (AvgIpc) is 2.72. The Morgan fingerprint density at radius 2 is 1.77 bits per heavy atom. The zero-order valence-electron chi connectivity index (χ0n) is 19.9. The second kappa shape index (κ2) is 12.0. The maximum atomic E-state index is 12.3. The number of rotatable bonds is 5. The topological polar surface area (TPSA) is 95.5 Å². The lowest BCUT2D eigenvalue weighted by Gasteiger charge is -2.34. The van der Waals surface area contributed by atoms with E-state index >= 15 is 0 Å². The molecule has 0 aliphatic carbocycles. The summed E-state index contributed by atoms with van der Waals surface area (Å²) < 4.78 is 10.6. The van der Waals surface area contributed by atoms with Crippen molar-refractivity contribution in [2.75, 3.05) is 46.4 Å². The largest absolute Gasteiger partial charge is 0.450 e. The highest BCUT2D eigenvalue weighted by molar-refractivity contribution is 5.80. The van der Waals surface area contributed by atoms with Gasteiger partial charge in [0.25, 0.3) is 0 Å². The first kappa shape index (κ1) is 25.1. The lowest BCUT2D eigenvalue weighted by Crippen LogP contribution is -2.50. The maximum Gasteiger partial charge on any atom is 0.410 e. The van der Waals surface area contributed by atoms with E-state index in [-0.39, 0.29) is 18.2 Å². The normalized spacial score (nSPS) is 20.9. The third-order valence-corrected chi connectivity index (χ3v) is 5.60. The molecule has 178 valence electrons. The summed E-state index contributed by atoms with van der Waals surface area (Å²) in [6.07, 6.45) is 4.41. The molecule has 2 saturated heterocycles. The summed E-state index contributed by atoms with van der Waals surface area (Å²) in [5.41, 5.74) is -0.462. The quantitative estimate of drug-likeness (QED) is 0.505. The number of carbonyl (C=O) groups is 2. The molecule has 1 unspecified atom stereocenters. The molecule has 2 rings (SSSR count). The zero-order chi connectivity index (χ0) is 22.9. The Kier molecular flexibility index (Phi) is 9.71. The predicted octanol–water partition coefficient (Wildman–Crippen LogP) is 2.81. The minimum atomic E-state index is -0.462. The molecule has 9 nitrogen and oxygen atoms in total. The first-order chi connectivity index (χ1) is 14.7. The van der Waals surface area contributed by atoms with Crippen molar-refractivity contribution in [3.8, 4) is 0 Å². The molecule has 2 aliphatic heterocycles. The van der Waals surface area contributed by atoms with E-state index in [1.165, 1.54) is 0 Å². The highest BCUT2D eigenvalue weighted by atomic mass is 16.6. The molecule has 0 aromatic rings. The number of amides is 2. The summed E-state index contributed by atoms with van der Waals surface area (Å²) in [4.78, 5) is 32.1. The van der Waals surface area contributed by atoms with Crippen LogP contribution < -0.4 is 10.6 Å². The number of likely N-dealkylation sites (tertiary alicyclic amines) is 2. The number of carbonyl (C=O) groups excluding carboxylic acids is 2. The van der Waals surface area contributed by atoms with Crippen LogP contribution in [0.5, 0.6) is 0 Å². The Bertz CT molecular complexity index is 612. The Hall–Kier alpha value is -2.19. The van der Waals surface area contributed by atoms with Crippen LogP contribution in [0.1, 0.15) is 59.8 Å². The summed E-state index contributed by atoms with van der Waals surface area (Å²) in [6, 6.07) is 0.286. The average molecular weight is 440 g/mol. The smallest absolute Gasteiger partial charge is 0.410 e. The van der Waals surface area contributed by atoms with Gasteiger partial charge >= 0.3 is 12.2 Å². The molecule has 0 saturated carbocycles. The van der Waals surface area contributed by atoms with Crippen molar-refractivity contribution >= 4 is 18.1 Å². The fraction of sp³-hybridized carbons (Fsp3) is 0.864. The zero-order valence-corrected chi connectivity index (χ0v) is 19.9. The van der Waals surface area contributed by atoms with Crippen LogP contribution in [-0.2, 0) is 9.47 Å². The van der Waals surface area contributed by atoms with Gasteiger partial charge in [-0.2, -0.15) is 0 Å². The van der Waals surface area contributed by atoms with Crippen LogP contribution >= 0.6 is 0 Å². The fourth-order valence-electron chi connectivity index (χ4n) is 4.00. The fourth-order valence-corrected chi connectivity index (χ4v) is 4.00. The van der Waals surface area contributed by atoms with E-state index in [4.69, 9.17) is 9.47 Å². The molecule has 2 heterocycles. The first-order valence-corrected chi connectivity index (χ1v) is 11.6. The highest BCUT2D eigenvalue weighted by Crippen LogP contribution is 2.21. The van der Waals surface area contributed by atoms with Crippen LogP contribution in [0.25, 0.3) is 0 Å². The Morgan fingerprint density at radius 1 is 1.06 bits per heavy atom. The van der Waals surface area contributed by atoms with Crippen molar-refractivity contribution in [2.45, 2.75) is 71.4 Å². The summed E-state index contributed by atoms with van der Waals surface area (Å²) >= 11 is 0. The SMILES string of the molecule is CCOC(=O)N1CCC(NC(=NC)NCCC2CCCN(C(=O)OC(C)(C)C)C2)CC1. The molecule has 1 atom stereocenters. The molecule has 31 heavy (non-hydrogen) atoms.